The van der Waals surface area contributed by atoms with Gasteiger partial charge in [-0.25, -0.2) is 0 Å². The summed E-state index contributed by atoms with van der Waals surface area (Å²) in [6.07, 6.45) is 2.18. The van der Waals surface area contributed by atoms with E-state index in [1.54, 1.807) is 12.1 Å². The van der Waals surface area contributed by atoms with Gasteiger partial charge in [0.15, 0.2) is 0 Å². The van der Waals surface area contributed by atoms with Crippen molar-refractivity contribution in [3.8, 4) is 17.2 Å². The van der Waals surface area contributed by atoms with Crippen molar-refractivity contribution in [1.82, 2.24) is 15.0 Å². The van der Waals surface area contributed by atoms with Gasteiger partial charge in [0.2, 0.25) is 0 Å². The second kappa shape index (κ2) is 6.69. The highest BCUT2D eigenvalue weighted by Crippen LogP contribution is 2.27. The number of phenolic OH excluding ortho intramolecular Hbond substituents is 1. The molecule has 0 bridgehead atoms. The Hall–Kier alpha value is -2.56. The normalized spacial score (nSPS) is 11.3. The molecule has 0 aliphatic heterocycles. The molecule has 1 heterocycles. The van der Waals surface area contributed by atoms with Gasteiger partial charge >= 0.3 is 0 Å². The van der Waals surface area contributed by atoms with Gasteiger partial charge in [-0.1, -0.05) is 38.8 Å². The molecule has 1 N–H and O–H groups in total. The summed E-state index contributed by atoms with van der Waals surface area (Å²) < 4.78 is 5.77. The van der Waals surface area contributed by atoms with Gasteiger partial charge in [-0.3, -0.25) is 0 Å². The minimum atomic E-state index is 0.104. The fourth-order valence-electron chi connectivity index (χ4n) is 2.47. The summed E-state index contributed by atoms with van der Waals surface area (Å²) in [7, 11) is 0. The van der Waals surface area contributed by atoms with Crippen molar-refractivity contribution in [1.29, 1.82) is 0 Å². The summed E-state index contributed by atoms with van der Waals surface area (Å²) in [6, 6.07) is 12.8. The second-order valence-electron chi connectivity index (χ2n) is 5.62. The molecule has 0 saturated carbocycles. The first-order valence-electron chi connectivity index (χ1n) is 7.99. The zero-order chi connectivity index (χ0) is 16.2. The highest BCUT2D eigenvalue weighted by molar-refractivity contribution is 5.73. The predicted molar refractivity (Wildman–Crippen MR) is 90.1 cm³/mol. The molecule has 0 fully saturated rings. The van der Waals surface area contributed by atoms with E-state index in [9.17, 15) is 5.11 Å². The number of nitrogens with zero attached hydrogens (tertiary/aromatic N) is 3. The number of hydrogen-bond donors (Lipinski definition) is 1. The van der Waals surface area contributed by atoms with Crippen LogP contribution in [0.5, 0.6) is 11.5 Å². The number of rotatable bonds is 6. The van der Waals surface area contributed by atoms with Crippen molar-refractivity contribution in [3.63, 3.8) is 0 Å². The van der Waals surface area contributed by atoms with Crippen LogP contribution < -0.4 is 4.74 Å². The maximum atomic E-state index is 10.3. The first kappa shape index (κ1) is 15.3. The molecule has 5 nitrogen and oxygen atoms in total. The van der Waals surface area contributed by atoms with Crippen LogP contribution in [0.2, 0.25) is 0 Å². The minimum absolute atomic E-state index is 0.104. The van der Waals surface area contributed by atoms with Gasteiger partial charge in [-0.05, 0) is 30.2 Å². The monoisotopic (exact) mass is 311 g/mol. The lowest BCUT2D eigenvalue weighted by molar-refractivity contribution is 0.240. The number of phenols is 1. The van der Waals surface area contributed by atoms with E-state index < -0.39 is 0 Å². The zero-order valence-electron chi connectivity index (χ0n) is 13.4. The van der Waals surface area contributed by atoms with E-state index in [2.05, 4.69) is 24.0 Å². The third kappa shape index (κ3) is 3.28. The van der Waals surface area contributed by atoms with Gasteiger partial charge in [-0.15, -0.1) is 15.0 Å². The van der Waals surface area contributed by atoms with E-state index in [1.165, 1.54) is 4.80 Å². The maximum Gasteiger partial charge on any atom is 0.146 e. The predicted octanol–water partition coefficient (Wildman–Crippen LogP) is 3.94. The highest BCUT2D eigenvalue weighted by atomic mass is 16.5. The van der Waals surface area contributed by atoms with Crippen molar-refractivity contribution >= 4 is 11.0 Å². The lowest BCUT2D eigenvalue weighted by Gasteiger charge is -2.14. The van der Waals surface area contributed by atoms with Crippen molar-refractivity contribution in [2.75, 3.05) is 6.61 Å². The van der Waals surface area contributed by atoms with Gasteiger partial charge in [-0.2, -0.15) is 0 Å². The van der Waals surface area contributed by atoms with Gasteiger partial charge in [0, 0.05) is 6.07 Å². The first-order chi connectivity index (χ1) is 11.2. The fourth-order valence-corrected chi connectivity index (χ4v) is 2.47. The number of hydrogen-bond acceptors (Lipinski definition) is 4. The largest absolute Gasteiger partial charge is 0.505 e. The van der Waals surface area contributed by atoms with Crippen LogP contribution in [-0.2, 0) is 0 Å². The van der Waals surface area contributed by atoms with Crippen LogP contribution >= 0.6 is 0 Å². The topological polar surface area (TPSA) is 60.2 Å². The van der Waals surface area contributed by atoms with Crippen molar-refractivity contribution in [2.24, 2.45) is 5.92 Å². The Labute approximate surface area is 135 Å². The van der Waals surface area contributed by atoms with E-state index in [1.807, 2.05) is 30.3 Å². The van der Waals surface area contributed by atoms with Gasteiger partial charge in [0.1, 0.15) is 28.2 Å². The second-order valence-corrected chi connectivity index (χ2v) is 5.62. The number of ether oxygens (including phenoxy) is 1. The SMILES string of the molecule is CCC(CC)COc1ccc(-n2nc3ccccc3n2)c(O)c1. The lowest BCUT2D eigenvalue weighted by atomic mass is 10.1. The smallest absolute Gasteiger partial charge is 0.146 e. The molecule has 0 radical (unpaired) electrons. The lowest BCUT2D eigenvalue weighted by Crippen LogP contribution is -2.10. The quantitative estimate of drug-likeness (QED) is 0.749. The van der Waals surface area contributed by atoms with E-state index in [4.69, 9.17) is 4.74 Å². The standard InChI is InChI=1S/C18H21N3O2/c1-3-13(4-2)12-23-14-9-10-17(18(22)11-14)21-19-15-7-5-6-8-16(15)20-21/h5-11,13,22H,3-4,12H2,1-2H3. The third-order valence-electron chi connectivity index (χ3n) is 4.09. The number of aromatic nitrogens is 3. The number of fused-ring (bicyclic) bond motifs is 1. The Bertz CT molecular complexity index is 761. The van der Waals surface area contributed by atoms with Crippen LogP contribution in [0.4, 0.5) is 0 Å². The Morgan fingerprint density at radius 2 is 1.70 bits per heavy atom. The molecule has 120 valence electrons. The van der Waals surface area contributed by atoms with E-state index in [0.29, 0.717) is 24.0 Å². The number of aromatic hydroxyl groups is 1. The third-order valence-corrected chi connectivity index (χ3v) is 4.09. The number of benzene rings is 2. The molecule has 0 atom stereocenters. The summed E-state index contributed by atoms with van der Waals surface area (Å²) in [5, 5.41) is 19.0. The van der Waals surface area contributed by atoms with Gasteiger partial charge in [0.05, 0.1) is 6.61 Å². The molecule has 0 unspecified atom stereocenters. The fraction of sp³-hybridized carbons (Fsp3) is 0.333. The summed E-state index contributed by atoms with van der Waals surface area (Å²) >= 11 is 0. The molecule has 5 heteroatoms. The molecular weight excluding hydrogens is 290 g/mol. The molecule has 3 rings (SSSR count). The van der Waals surface area contributed by atoms with Crippen LogP contribution in [0.15, 0.2) is 42.5 Å². The van der Waals surface area contributed by atoms with E-state index >= 15 is 0 Å². The molecule has 0 spiro atoms. The maximum absolute atomic E-state index is 10.3. The molecule has 3 aromatic rings. The summed E-state index contributed by atoms with van der Waals surface area (Å²) in [6.45, 7) is 4.98. The average molecular weight is 311 g/mol. The molecule has 2 aromatic carbocycles. The molecule has 0 amide bonds. The van der Waals surface area contributed by atoms with Crippen LogP contribution in [0.3, 0.4) is 0 Å². The molecule has 23 heavy (non-hydrogen) atoms. The van der Waals surface area contributed by atoms with Gasteiger partial charge in [0.25, 0.3) is 0 Å². The summed E-state index contributed by atoms with van der Waals surface area (Å²) in [5.41, 5.74) is 2.12. The molecule has 1 aromatic heterocycles. The molecule has 0 aliphatic rings. The van der Waals surface area contributed by atoms with Crippen molar-refractivity contribution < 1.29 is 9.84 Å². The molecule has 0 aliphatic carbocycles. The molecular formula is C18H21N3O2. The van der Waals surface area contributed by atoms with E-state index in [0.717, 1.165) is 23.9 Å². The Morgan fingerprint density at radius 3 is 2.26 bits per heavy atom. The highest BCUT2D eigenvalue weighted by Gasteiger charge is 2.11. The Balaban J connectivity index is 1.81. The van der Waals surface area contributed by atoms with Crippen LogP contribution in [0.25, 0.3) is 16.7 Å². The minimum Gasteiger partial charge on any atom is -0.505 e. The van der Waals surface area contributed by atoms with Crippen molar-refractivity contribution in [3.05, 3.63) is 42.5 Å². The van der Waals surface area contributed by atoms with E-state index in [-0.39, 0.29) is 5.75 Å². The average Bonchev–Trinajstić information content (AvgIpc) is 2.99. The van der Waals surface area contributed by atoms with Crippen LogP contribution in [-0.4, -0.2) is 26.7 Å². The first-order valence-corrected chi connectivity index (χ1v) is 7.99. The molecule has 0 saturated heterocycles. The van der Waals surface area contributed by atoms with Crippen LogP contribution in [0, 0.1) is 5.92 Å². The zero-order valence-corrected chi connectivity index (χ0v) is 13.4. The van der Waals surface area contributed by atoms with Gasteiger partial charge < -0.3 is 9.84 Å². The summed E-state index contributed by atoms with van der Waals surface area (Å²) in [4.78, 5) is 1.45. The Morgan fingerprint density at radius 1 is 1.04 bits per heavy atom. The van der Waals surface area contributed by atoms with Crippen LogP contribution in [0.1, 0.15) is 26.7 Å². The Kier molecular flexibility index (Phi) is 4.46. The summed E-state index contributed by atoms with van der Waals surface area (Å²) in [5.74, 6) is 1.30. The van der Waals surface area contributed by atoms with Crippen molar-refractivity contribution in [2.45, 2.75) is 26.7 Å².